The molecule has 4 heterocycles. The van der Waals surface area contributed by atoms with E-state index in [4.69, 9.17) is 14.5 Å². The SMILES string of the molecule is CC[C@@]1(O)C(=O)OCc2c1cc1n(c2=O)Cc2c-1nc1cc(F)c(C)c3c1c2[C@@H](NC(=O)COCNC(=O)CNC(=O)[C@H](Cc1ccccc1)NC(=O)CNC(=O)CI)CC3. The molecule has 17 nitrogen and oxygen atoms in total. The van der Waals surface area contributed by atoms with Crippen molar-refractivity contribution < 1.29 is 47.7 Å². The van der Waals surface area contributed by atoms with E-state index in [-0.39, 0.29) is 60.7 Å². The van der Waals surface area contributed by atoms with Crippen LogP contribution in [-0.4, -0.2) is 87.1 Å². The van der Waals surface area contributed by atoms with Crippen LogP contribution in [0.25, 0.3) is 22.3 Å². The van der Waals surface area contributed by atoms with E-state index in [0.29, 0.717) is 51.8 Å². The van der Waals surface area contributed by atoms with E-state index < -0.39 is 71.8 Å². The fourth-order valence-corrected chi connectivity index (χ4v) is 8.36. The molecule has 4 aromatic rings. The van der Waals surface area contributed by atoms with Crippen LogP contribution in [0.1, 0.15) is 64.8 Å². The molecule has 0 radical (unpaired) electrons. The van der Waals surface area contributed by atoms with Crippen molar-refractivity contribution in [3.8, 4) is 11.4 Å². The molecule has 0 saturated heterocycles. The molecule has 5 amide bonds. The summed E-state index contributed by atoms with van der Waals surface area (Å²) in [5.74, 6) is -4.00. The molecule has 0 bridgehead atoms. The van der Waals surface area contributed by atoms with Gasteiger partial charge in [0.25, 0.3) is 5.56 Å². The van der Waals surface area contributed by atoms with Crippen LogP contribution in [0.15, 0.2) is 47.3 Å². The number of pyridine rings is 2. The molecular formula is C42H43FIN7O10. The van der Waals surface area contributed by atoms with E-state index in [1.807, 2.05) is 22.6 Å². The monoisotopic (exact) mass is 951 g/mol. The van der Waals surface area contributed by atoms with Gasteiger partial charge in [0.2, 0.25) is 29.5 Å². The standard InChI is InChI=1S/C42H43FIN7O10/c1-3-42(59)26-12-31-38-24(17-51(31)40(57)25(26)18-61-41(42)58)37-28(10-9-23-21(2)27(43)13-29(50-38)36(23)37)48-35(55)19-60-20-47-33(53)15-46-39(56)30(11-22-7-5-4-6-8-22)49-34(54)16-45-32(52)14-44/h4-8,12-13,28,30,59H,3,9-11,14-20H2,1-2H3,(H,45,52)(H,46,56)(H,47,53)(H,48,55)(H,49,54)/t28-,30-,42-/m0/s1. The van der Waals surface area contributed by atoms with Crippen LogP contribution in [0.4, 0.5) is 4.39 Å². The molecule has 3 aliphatic rings. The summed E-state index contributed by atoms with van der Waals surface area (Å²) in [5, 5.41) is 25.0. The number of carbonyl (C=O) groups excluding carboxylic acids is 6. The van der Waals surface area contributed by atoms with Gasteiger partial charge in [0, 0.05) is 29.0 Å². The lowest BCUT2D eigenvalue weighted by Gasteiger charge is -2.31. The second kappa shape index (κ2) is 18.0. The number of amides is 5. The van der Waals surface area contributed by atoms with Crippen molar-refractivity contribution in [2.24, 2.45) is 0 Å². The number of cyclic esters (lactones) is 1. The molecule has 3 atom stereocenters. The number of aryl methyl sites for hydroxylation is 1. The van der Waals surface area contributed by atoms with Crippen molar-refractivity contribution in [1.29, 1.82) is 0 Å². The maximum Gasteiger partial charge on any atom is 0.343 e. The molecule has 7 rings (SSSR count). The fourth-order valence-electron chi connectivity index (χ4n) is 8.09. The topological polar surface area (TPSA) is 236 Å². The molecule has 1 aliphatic carbocycles. The number of rotatable bonds is 15. The Bertz CT molecular complexity index is 2530. The molecular weight excluding hydrogens is 908 g/mol. The van der Waals surface area contributed by atoms with Gasteiger partial charge in [-0.2, -0.15) is 0 Å². The van der Waals surface area contributed by atoms with Gasteiger partial charge in [-0.25, -0.2) is 14.2 Å². The van der Waals surface area contributed by atoms with Crippen LogP contribution in [0, 0.1) is 12.7 Å². The van der Waals surface area contributed by atoms with Crippen LogP contribution < -0.4 is 32.1 Å². The van der Waals surface area contributed by atoms with E-state index in [1.165, 1.54) is 10.6 Å². The molecule has 2 aromatic carbocycles. The normalized spacial score (nSPS) is 17.6. The number of halogens is 2. The van der Waals surface area contributed by atoms with Crippen LogP contribution in [0.3, 0.4) is 0 Å². The summed E-state index contributed by atoms with van der Waals surface area (Å²) in [4.78, 5) is 94.6. The predicted molar refractivity (Wildman–Crippen MR) is 224 cm³/mol. The van der Waals surface area contributed by atoms with Crippen molar-refractivity contribution >= 4 is 69.0 Å². The number of alkyl halides is 1. The van der Waals surface area contributed by atoms with Gasteiger partial charge < -0.3 is 45.7 Å². The molecule has 19 heteroatoms. The molecule has 2 aromatic heterocycles. The number of nitrogens with zero attached hydrogens (tertiary/aromatic N) is 2. The summed E-state index contributed by atoms with van der Waals surface area (Å²) >= 11 is 1.86. The third-order valence-corrected chi connectivity index (χ3v) is 11.9. The average Bonchev–Trinajstić information content (AvgIpc) is 3.63. The molecule has 0 unspecified atom stereocenters. The second-order valence-electron chi connectivity index (χ2n) is 15.0. The van der Waals surface area contributed by atoms with Crippen molar-refractivity contribution in [1.82, 2.24) is 36.1 Å². The number of hydrogen-bond acceptors (Lipinski definition) is 11. The predicted octanol–water partition coefficient (Wildman–Crippen LogP) is 1.12. The van der Waals surface area contributed by atoms with Gasteiger partial charge >= 0.3 is 5.97 Å². The zero-order valence-electron chi connectivity index (χ0n) is 33.2. The Morgan fingerprint density at radius 3 is 2.51 bits per heavy atom. The first-order valence-electron chi connectivity index (χ1n) is 19.6. The lowest BCUT2D eigenvalue weighted by atomic mass is 9.81. The molecule has 0 saturated carbocycles. The Morgan fingerprint density at radius 2 is 1.77 bits per heavy atom. The Balaban J connectivity index is 1.00. The first-order chi connectivity index (χ1) is 29.2. The van der Waals surface area contributed by atoms with Crippen LogP contribution in [0.2, 0.25) is 0 Å². The number of carbonyl (C=O) groups is 6. The highest BCUT2D eigenvalue weighted by Crippen LogP contribution is 2.46. The van der Waals surface area contributed by atoms with Gasteiger partial charge in [0.1, 0.15) is 31.8 Å². The molecule has 61 heavy (non-hydrogen) atoms. The highest BCUT2D eigenvalue weighted by molar-refractivity contribution is 14.1. The Kier molecular flexibility index (Phi) is 12.8. The van der Waals surface area contributed by atoms with Crippen molar-refractivity contribution in [3.05, 3.63) is 97.6 Å². The quantitative estimate of drug-likeness (QED) is 0.0286. The summed E-state index contributed by atoms with van der Waals surface area (Å²) in [5.41, 5.74) is 2.13. The fraction of sp³-hybridized carbons (Fsp3) is 0.381. The minimum absolute atomic E-state index is 0.0331. The van der Waals surface area contributed by atoms with Crippen molar-refractivity contribution in [3.63, 3.8) is 0 Å². The van der Waals surface area contributed by atoms with Gasteiger partial charge in [-0.3, -0.25) is 28.8 Å². The number of benzene rings is 2. The van der Waals surface area contributed by atoms with Gasteiger partial charge in [0.05, 0.1) is 52.6 Å². The highest BCUT2D eigenvalue weighted by atomic mass is 127. The number of nitrogens with one attached hydrogen (secondary N) is 5. The summed E-state index contributed by atoms with van der Waals surface area (Å²) in [6, 6.07) is 10.2. The van der Waals surface area contributed by atoms with E-state index in [9.17, 15) is 38.7 Å². The van der Waals surface area contributed by atoms with E-state index >= 15 is 4.39 Å². The number of ether oxygens (including phenoxy) is 2. The highest BCUT2D eigenvalue weighted by Gasteiger charge is 2.46. The Morgan fingerprint density at radius 1 is 1.02 bits per heavy atom. The Labute approximate surface area is 361 Å². The molecule has 320 valence electrons. The lowest BCUT2D eigenvalue weighted by Crippen LogP contribution is -2.52. The molecule has 0 spiro atoms. The summed E-state index contributed by atoms with van der Waals surface area (Å²) < 4.78 is 27.6. The van der Waals surface area contributed by atoms with Gasteiger partial charge in [-0.05, 0) is 54.5 Å². The van der Waals surface area contributed by atoms with E-state index in [1.54, 1.807) is 50.2 Å². The first-order valence-corrected chi connectivity index (χ1v) is 21.2. The number of esters is 1. The minimum Gasteiger partial charge on any atom is -0.458 e. The summed E-state index contributed by atoms with van der Waals surface area (Å²) in [6.45, 7) is 1.46. The average molecular weight is 952 g/mol. The van der Waals surface area contributed by atoms with Crippen LogP contribution in [-0.2, 0) is 69.8 Å². The van der Waals surface area contributed by atoms with Gasteiger partial charge in [-0.1, -0.05) is 59.8 Å². The molecule has 6 N–H and O–H groups in total. The van der Waals surface area contributed by atoms with Gasteiger partial charge in [-0.15, -0.1) is 0 Å². The second-order valence-corrected chi connectivity index (χ2v) is 15.8. The van der Waals surface area contributed by atoms with E-state index in [0.717, 1.165) is 11.1 Å². The first kappa shape index (κ1) is 43.3. The van der Waals surface area contributed by atoms with Crippen LogP contribution in [0.5, 0.6) is 0 Å². The van der Waals surface area contributed by atoms with Gasteiger partial charge in [0.15, 0.2) is 5.60 Å². The third-order valence-electron chi connectivity index (χ3n) is 11.2. The number of aromatic nitrogens is 2. The largest absolute Gasteiger partial charge is 0.458 e. The molecule has 2 aliphatic heterocycles. The summed E-state index contributed by atoms with van der Waals surface area (Å²) in [6.07, 6.45) is 0.915. The van der Waals surface area contributed by atoms with Crippen LogP contribution >= 0.6 is 22.6 Å². The molecule has 0 fully saturated rings. The maximum atomic E-state index is 15.3. The van der Waals surface area contributed by atoms with E-state index in [2.05, 4.69) is 26.6 Å². The third kappa shape index (κ3) is 8.71. The minimum atomic E-state index is -2.03. The lowest BCUT2D eigenvalue weighted by molar-refractivity contribution is -0.172. The zero-order valence-corrected chi connectivity index (χ0v) is 35.4. The Hall–Kier alpha value is -5.80. The smallest absolute Gasteiger partial charge is 0.343 e. The summed E-state index contributed by atoms with van der Waals surface area (Å²) in [7, 11) is 0. The number of hydrogen-bond donors (Lipinski definition) is 6. The number of fused-ring (bicyclic) bond motifs is 5. The van der Waals surface area contributed by atoms with Crippen molar-refractivity contribution in [2.75, 3.05) is 30.9 Å². The van der Waals surface area contributed by atoms with Crippen molar-refractivity contribution in [2.45, 2.75) is 70.4 Å². The number of aliphatic hydroxyl groups is 1. The zero-order chi connectivity index (χ0) is 43.6. The maximum absolute atomic E-state index is 15.3.